The largest absolute Gasteiger partial charge is 0.497 e. The van der Waals surface area contributed by atoms with Crippen LogP contribution in [0.25, 0.3) is 0 Å². The summed E-state index contributed by atoms with van der Waals surface area (Å²) in [5.41, 5.74) is 7.11. The molecule has 4 nitrogen and oxygen atoms in total. The standard InChI is InChI=1S/C15H22N2O2/c1-10(2)17-15(14(16)18)8-4-5-11-9-12(19-3)6-7-13(11)15/h6-7,9-10,17H,4-5,8H2,1-3H3,(H2,16,18). The van der Waals surface area contributed by atoms with Crippen LogP contribution in [0.1, 0.15) is 37.8 Å². The number of primary amides is 1. The highest BCUT2D eigenvalue weighted by molar-refractivity contribution is 5.87. The number of fused-ring (bicyclic) bond motifs is 1. The van der Waals surface area contributed by atoms with E-state index in [-0.39, 0.29) is 11.9 Å². The van der Waals surface area contributed by atoms with Gasteiger partial charge in [0.05, 0.1) is 7.11 Å². The van der Waals surface area contributed by atoms with Crippen LogP contribution in [0.2, 0.25) is 0 Å². The summed E-state index contributed by atoms with van der Waals surface area (Å²) < 4.78 is 5.25. The van der Waals surface area contributed by atoms with Crippen LogP contribution in [-0.4, -0.2) is 19.1 Å². The van der Waals surface area contributed by atoms with Gasteiger partial charge >= 0.3 is 0 Å². The number of amides is 1. The first-order chi connectivity index (χ1) is 8.99. The number of carbonyl (C=O) groups is 1. The molecule has 1 aromatic carbocycles. The lowest BCUT2D eigenvalue weighted by molar-refractivity contribution is -0.125. The predicted octanol–water partition coefficient (Wildman–Crippen LogP) is 1.71. The average molecular weight is 262 g/mol. The van der Waals surface area contributed by atoms with E-state index in [1.807, 2.05) is 32.0 Å². The van der Waals surface area contributed by atoms with Crippen molar-refractivity contribution >= 4 is 5.91 Å². The second-order valence-corrected chi connectivity index (χ2v) is 5.45. The summed E-state index contributed by atoms with van der Waals surface area (Å²) in [5, 5.41) is 3.37. The Hall–Kier alpha value is -1.55. The highest BCUT2D eigenvalue weighted by Gasteiger charge is 2.42. The Morgan fingerprint density at radius 1 is 1.47 bits per heavy atom. The van der Waals surface area contributed by atoms with Gasteiger partial charge in [0.15, 0.2) is 0 Å². The van der Waals surface area contributed by atoms with E-state index in [0.29, 0.717) is 0 Å². The molecule has 3 N–H and O–H groups in total. The molecule has 0 saturated heterocycles. The quantitative estimate of drug-likeness (QED) is 0.868. The third-order valence-corrected chi connectivity index (χ3v) is 3.73. The first kappa shape index (κ1) is 13.9. The van der Waals surface area contributed by atoms with Crippen molar-refractivity contribution in [2.45, 2.75) is 44.7 Å². The maximum absolute atomic E-state index is 12.1. The molecular formula is C15H22N2O2. The van der Waals surface area contributed by atoms with Gasteiger partial charge in [0, 0.05) is 6.04 Å². The van der Waals surface area contributed by atoms with Crippen molar-refractivity contribution in [2.75, 3.05) is 7.11 Å². The highest BCUT2D eigenvalue weighted by atomic mass is 16.5. The van der Waals surface area contributed by atoms with Crippen LogP contribution in [0.3, 0.4) is 0 Å². The van der Waals surface area contributed by atoms with Crippen LogP contribution >= 0.6 is 0 Å². The monoisotopic (exact) mass is 262 g/mol. The number of hydrogen-bond acceptors (Lipinski definition) is 3. The third-order valence-electron chi connectivity index (χ3n) is 3.73. The molecular weight excluding hydrogens is 240 g/mol. The second-order valence-electron chi connectivity index (χ2n) is 5.45. The average Bonchev–Trinajstić information content (AvgIpc) is 2.37. The van der Waals surface area contributed by atoms with Crippen molar-refractivity contribution in [3.63, 3.8) is 0 Å². The van der Waals surface area contributed by atoms with Gasteiger partial charge in [-0.25, -0.2) is 0 Å². The molecule has 1 atom stereocenters. The fourth-order valence-electron chi connectivity index (χ4n) is 2.97. The summed E-state index contributed by atoms with van der Waals surface area (Å²) >= 11 is 0. The lowest BCUT2D eigenvalue weighted by Crippen LogP contribution is -2.56. The molecule has 2 rings (SSSR count). The molecule has 1 aliphatic carbocycles. The van der Waals surface area contributed by atoms with Crippen LogP contribution < -0.4 is 15.8 Å². The molecule has 1 aliphatic rings. The van der Waals surface area contributed by atoms with E-state index in [2.05, 4.69) is 5.32 Å². The summed E-state index contributed by atoms with van der Waals surface area (Å²) in [5.74, 6) is 0.524. The van der Waals surface area contributed by atoms with Crippen molar-refractivity contribution in [2.24, 2.45) is 5.73 Å². The van der Waals surface area contributed by atoms with Crippen LogP contribution in [-0.2, 0) is 16.8 Å². The maximum Gasteiger partial charge on any atom is 0.242 e. The minimum absolute atomic E-state index is 0.195. The fraction of sp³-hybridized carbons (Fsp3) is 0.533. The normalized spacial score (nSPS) is 22.1. The smallest absolute Gasteiger partial charge is 0.242 e. The molecule has 104 valence electrons. The Kier molecular flexibility index (Phi) is 3.80. The molecule has 1 amide bonds. The lowest BCUT2D eigenvalue weighted by Gasteiger charge is -2.39. The van der Waals surface area contributed by atoms with E-state index >= 15 is 0 Å². The molecule has 0 bridgehead atoms. The molecule has 0 spiro atoms. The van der Waals surface area contributed by atoms with Gasteiger partial charge in [0.25, 0.3) is 0 Å². The fourth-order valence-corrected chi connectivity index (χ4v) is 2.97. The van der Waals surface area contributed by atoms with Crippen molar-refractivity contribution in [3.05, 3.63) is 29.3 Å². The number of methoxy groups -OCH3 is 1. The highest BCUT2D eigenvalue weighted by Crippen LogP contribution is 2.37. The summed E-state index contributed by atoms with van der Waals surface area (Å²) in [6, 6.07) is 6.06. The molecule has 0 radical (unpaired) electrons. The van der Waals surface area contributed by atoms with E-state index < -0.39 is 5.54 Å². The number of hydrogen-bond donors (Lipinski definition) is 2. The Balaban J connectivity index is 2.51. The van der Waals surface area contributed by atoms with E-state index in [9.17, 15) is 4.79 Å². The summed E-state index contributed by atoms with van der Waals surface area (Å²) in [6.07, 6.45) is 2.66. The van der Waals surface area contributed by atoms with E-state index in [4.69, 9.17) is 10.5 Å². The summed E-state index contributed by atoms with van der Waals surface area (Å²) in [6.45, 7) is 4.06. The molecule has 1 unspecified atom stereocenters. The Morgan fingerprint density at radius 2 is 2.21 bits per heavy atom. The summed E-state index contributed by atoms with van der Waals surface area (Å²) in [7, 11) is 1.65. The number of rotatable bonds is 4. The Labute approximate surface area is 114 Å². The molecule has 0 fully saturated rings. The van der Waals surface area contributed by atoms with Crippen LogP contribution in [0, 0.1) is 0 Å². The lowest BCUT2D eigenvalue weighted by atomic mass is 9.75. The number of nitrogens with one attached hydrogen (secondary N) is 1. The first-order valence-corrected chi connectivity index (χ1v) is 6.74. The zero-order valence-corrected chi connectivity index (χ0v) is 11.8. The molecule has 19 heavy (non-hydrogen) atoms. The number of carbonyl (C=O) groups excluding carboxylic acids is 1. The topological polar surface area (TPSA) is 64.3 Å². The van der Waals surface area contributed by atoms with Gasteiger partial charge in [-0.2, -0.15) is 0 Å². The Bertz CT molecular complexity index is 485. The molecule has 0 heterocycles. The van der Waals surface area contributed by atoms with Crippen molar-refractivity contribution < 1.29 is 9.53 Å². The SMILES string of the molecule is COc1ccc2c(c1)CCCC2(NC(C)C)C(N)=O. The maximum atomic E-state index is 12.1. The molecule has 4 heteroatoms. The number of ether oxygens (including phenoxy) is 1. The van der Waals surface area contributed by atoms with E-state index in [1.54, 1.807) is 7.11 Å². The van der Waals surface area contributed by atoms with Gasteiger partial charge in [-0.05, 0) is 56.4 Å². The zero-order valence-electron chi connectivity index (χ0n) is 11.8. The van der Waals surface area contributed by atoms with Crippen molar-refractivity contribution in [1.29, 1.82) is 0 Å². The third kappa shape index (κ3) is 2.45. The number of aryl methyl sites for hydroxylation is 1. The minimum Gasteiger partial charge on any atom is -0.497 e. The minimum atomic E-state index is -0.742. The first-order valence-electron chi connectivity index (χ1n) is 6.74. The van der Waals surface area contributed by atoms with Crippen LogP contribution in [0.4, 0.5) is 0 Å². The molecule has 0 aliphatic heterocycles. The zero-order chi connectivity index (χ0) is 14.0. The number of nitrogens with two attached hydrogens (primary N) is 1. The Morgan fingerprint density at radius 3 is 2.79 bits per heavy atom. The van der Waals surface area contributed by atoms with Crippen molar-refractivity contribution in [3.8, 4) is 5.75 Å². The molecule has 0 aromatic heterocycles. The van der Waals surface area contributed by atoms with Gasteiger partial charge in [0.1, 0.15) is 11.3 Å². The summed E-state index contributed by atoms with van der Waals surface area (Å²) in [4.78, 5) is 12.1. The molecule has 1 aromatic rings. The molecule has 0 saturated carbocycles. The number of benzene rings is 1. The van der Waals surface area contributed by atoms with Gasteiger partial charge < -0.3 is 10.5 Å². The van der Waals surface area contributed by atoms with Crippen molar-refractivity contribution in [1.82, 2.24) is 5.32 Å². The van der Waals surface area contributed by atoms with Gasteiger partial charge in [-0.3, -0.25) is 10.1 Å². The van der Waals surface area contributed by atoms with E-state index in [0.717, 1.165) is 36.1 Å². The van der Waals surface area contributed by atoms with Crippen LogP contribution in [0.5, 0.6) is 5.75 Å². The van der Waals surface area contributed by atoms with Gasteiger partial charge in [-0.15, -0.1) is 0 Å². The van der Waals surface area contributed by atoms with Gasteiger partial charge in [-0.1, -0.05) is 6.07 Å². The van der Waals surface area contributed by atoms with Gasteiger partial charge in [0.2, 0.25) is 5.91 Å². The van der Waals surface area contributed by atoms with E-state index in [1.165, 1.54) is 0 Å². The predicted molar refractivity (Wildman–Crippen MR) is 75.1 cm³/mol. The van der Waals surface area contributed by atoms with Crippen LogP contribution in [0.15, 0.2) is 18.2 Å². The second kappa shape index (κ2) is 5.21.